The van der Waals surface area contributed by atoms with Crippen LogP contribution in [0.25, 0.3) is 0 Å². The highest BCUT2D eigenvalue weighted by Crippen LogP contribution is 2.13. The smallest absolute Gasteiger partial charge is 0.303 e. The fourth-order valence-electron chi connectivity index (χ4n) is 2.63. The van der Waals surface area contributed by atoms with Crippen LogP contribution in [-0.2, 0) is 4.79 Å². The summed E-state index contributed by atoms with van der Waals surface area (Å²) in [7, 11) is 0. The summed E-state index contributed by atoms with van der Waals surface area (Å²) in [5, 5.41) is 9.30. The standard InChI is InChI=1S/C16H21ClN2O3/c17-14-6-4-13(5-7-14)16(22)19-10-2-9-18(11-12-19)8-1-3-15(20)21/h4-7H,1-3,8-12H2,(H,20,21). The van der Waals surface area contributed by atoms with Crippen LogP contribution in [0.4, 0.5) is 0 Å². The summed E-state index contributed by atoms with van der Waals surface area (Å²) >= 11 is 5.84. The van der Waals surface area contributed by atoms with Gasteiger partial charge in [0.05, 0.1) is 0 Å². The number of carboxylic acid groups (broad SMARTS) is 1. The maximum Gasteiger partial charge on any atom is 0.303 e. The van der Waals surface area contributed by atoms with Crippen molar-refractivity contribution in [2.24, 2.45) is 0 Å². The van der Waals surface area contributed by atoms with E-state index in [1.54, 1.807) is 24.3 Å². The van der Waals surface area contributed by atoms with E-state index in [1.165, 1.54) is 0 Å². The number of hydrogen-bond donors (Lipinski definition) is 1. The van der Waals surface area contributed by atoms with E-state index in [4.69, 9.17) is 16.7 Å². The minimum absolute atomic E-state index is 0.0315. The third-order valence-corrected chi connectivity index (χ3v) is 4.08. The van der Waals surface area contributed by atoms with Crippen molar-refractivity contribution in [3.8, 4) is 0 Å². The molecular formula is C16H21ClN2O3. The number of carbonyl (C=O) groups is 2. The van der Waals surface area contributed by atoms with Gasteiger partial charge in [0, 0.05) is 36.6 Å². The molecule has 1 heterocycles. The van der Waals surface area contributed by atoms with Crippen LogP contribution in [0.1, 0.15) is 29.6 Å². The maximum atomic E-state index is 12.5. The summed E-state index contributed by atoms with van der Waals surface area (Å²) in [4.78, 5) is 27.1. The number of rotatable bonds is 5. The fourth-order valence-corrected chi connectivity index (χ4v) is 2.75. The van der Waals surface area contributed by atoms with Crippen LogP contribution in [0.5, 0.6) is 0 Å². The van der Waals surface area contributed by atoms with Crippen LogP contribution in [0.15, 0.2) is 24.3 Å². The fraction of sp³-hybridized carbons (Fsp3) is 0.500. The molecule has 1 aliphatic rings. The second kappa shape index (κ2) is 8.15. The number of nitrogens with zero attached hydrogens (tertiary/aromatic N) is 2. The van der Waals surface area contributed by atoms with Crippen molar-refractivity contribution in [3.05, 3.63) is 34.9 Å². The number of hydrogen-bond acceptors (Lipinski definition) is 3. The molecule has 6 heteroatoms. The number of halogens is 1. The number of carbonyl (C=O) groups excluding carboxylic acids is 1. The van der Waals surface area contributed by atoms with Crippen LogP contribution in [-0.4, -0.2) is 59.5 Å². The minimum Gasteiger partial charge on any atom is -0.481 e. The van der Waals surface area contributed by atoms with Crippen molar-refractivity contribution in [1.82, 2.24) is 9.80 Å². The lowest BCUT2D eigenvalue weighted by atomic mass is 10.2. The Hall–Kier alpha value is -1.59. The van der Waals surface area contributed by atoms with Crippen molar-refractivity contribution in [3.63, 3.8) is 0 Å². The predicted octanol–water partition coefficient (Wildman–Crippen LogP) is 2.35. The van der Waals surface area contributed by atoms with Gasteiger partial charge in [-0.1, -0.05) is 11.6 Å². The maximum absolute atomic E-state index is 12.5. The van der Waals surface area contributed by atoms with Gasteiger partial charge in [0.15, 0.2) is 0 Å². The Bertz CT molecular complexity index is 519. The highest BCUT2D eigenvalue weighted by molar-refractivity contribution is 6.30. The molecule has 120 valence electrons. The lowest BCUT2D eigenvalue weighted by molar-refractivity contribution is -0.137. The minimum atomic E-state index is -0.755. The van der Waals surface area contributed by atoms with E-state index in [0.717, 1.165) is 32.6 Å². The van der Waals surface area contributed by atoms with Gasteiger partial charge in [0.25, 0.3) is 5.91 Å². The van der Waals surface area contributed by atoms with Gasteiger partial charge in [-0.05, 0) is 50.2 Å². The monoisotopic (exact) mass is 324 g/mol. The number of carboxylic acids is 1. The van der Waals surface area contributed by atoms with Crippen LogP contribution in [0.3, 0.4) is 0 Å². The molecule has 22 heavy (non-hydrogen) atoms. The van der Waals surface area contributed by atoms with Crippen molar-refractivity contribution in [2.45, 2.75) is 19.3 Å². The average molecular weight is 325 g/mol. The van der Waals surface area contributed by atoms with Gasteiger partial charge in [0.2, 0.25) is 0 Å². The summed E-state index contributed by atoms with van der Waals surface area (Å²) in [6, 6.07) is 6.95. The number of benzene rings is 1. The molecule has 0 spiro atoms. The summed E-state index contributed by atoms with van der Waals surface area (Å²) in [5.41, 5.74) is 0.656. The zero-order chi connectivity index (χ0) is 15.9. The Morgan fingerprint density at radius 2 is 1.82 bits per heavy atom. The van der Waals surface area contributed by atoms with Crippen molar-refractivity contribution < 1.29 is 14.7 Å². The summed E-state index contributed by atoms with van der Waals surface area (Å²) < 4.78 is 0. The predicted molar refractivity (Wildman–Crippen MR) is 85.3 cm³/mol. The van der Waals surface area contributed by atoms with Gasteiger partial charge < -0.3 is 14.9 Å². The highest BCUT2D eigenvalue weighted by Gasteiger charge is 2.20. The molecule has 0 saturated carbocycles. The Balaban J connectivity index is 1.85. The molecule has 5 nitrogen and oxygen atoms in total. The Morgan fingerprint density at radius 1 is 1.09 bits per heavy atom. The van der Waals surface area contributed by atoms with E-state index < -0.39 is 5.97 Å². The van der Waals surface area contributed by atoms with Crippen LogP contribution in [0, 0.1) is 0 Å². The molecule has 0 aromatic heterocycles. The number of aliphatic carboxylic acids is 1. The lowest BCUT2D eigenvalue weighted by Gasteiger charge is -2.22. The van der Waals surface area contributed by atoms with Crippen LogP contribution in [0.2, 0.25) is 5.02 Å². The van der Waals surface area contributed by atoms with Gasteiger partial charge in [0.1, 0.15) is 0 Å². The Labute approximate surface area is 135 Å². The van der Waals surface area contributed by atoms with E-state index >= 15 is 0 Å². The molecule has 1 aliphatic heterocycles. The second-order valence-corrected chi connectivity index (χ2v) is 5.93. The van der Waals surface area contributed by atoms with Gasteiger partial charge in [-0.15, -0.1) is 0 Å². The first-order chi connectivity index (χ1) is 10.6. The van der Waals surface area contributed by atoms with Gasteiger partial charge >= 0.3 is 5.97 Å². The number of amides is 1. The molecule has 1 N–H and O–H groups in total. The van der Waals surface area contributed by atoms with E-state index in [2.05, 4.69) is 4.90 Å². The molecule has 2 rings (SSSR count). The van der Waals surface area contributed by atoms with Gasteiger partial charge in [-0.3, -0.25) is 9.59 Å². The quantitative estimate of drug-likeness (QED) is 0.903. The summed E-state index contributed by atoms with van der Waals surface area (Å²) in [6.07, 6.45) is 1.76. The summed E-state index contributed by atoms with van der Waals surface area (Å²) in [5.74, 6) is -0.724. The van der Waals surface area contributed by atoms with Crippen molar-refractivity contribution in [1.29, 1.82) is 0 Å². The van der Waals surface area contributed by atoms with E-state index in [1.807, 2.05) is 4.90 Å². The molecule has 0 bridgehead atoms. The highest BCUT2D eigenvalue weighted by atomic mass is 35.5. The van der Waals surface area contributed by atoms with Crippen LogP contribution < -0.4 is 0 Å². The lowest BCUT2D eigenvalue weighted by Crippen LogP contribution is -2.35. The third kappa shape index (κ3) is 5.00. The molecular weight excluding hydrogens is 304 g/mol. The van der Waals surface area contributed by atoms with Crippen molar-refractivity contribution in [2.75, 3.05) is 32.7 Å². The molecule has 0 radical (unpaired) electrons. The molecule has 1 saturated heterocycles. The molecule has 1 aromatic rings. The zero-order valence-electron chi connectivity index (χ0n) is 12.5. The first kappa shape index (κ1) is 16.8. The molecule has 0 atom stereocenters. The zero-order valence-corrected chi connectivity index (χ0v) is 13.3. The first-order valence-electron chi connectivity index (χ1n) is 7.55. The molecule has 0 aliphatic carbocycles. The van der Waals surface area contributed by atoms with Gasteiger partial charge in [-0.25, -0.2) is 0 Å². The van der Waals surface area contributed by atoms with E-state index in [-0.39, 0.29) is 12.3 Å². The molecule has 1 aromatic carbocycles. The second-order valence-electron chi connectivity index (χ2n) is 5.49. The Morgan fingerprint density at radius 3 is 2.50 bits per heavy atom. The SMILES string of the molecule is O=C(O)CCCN1CCCN(C(=O)c2ccc(Cl)cc2)CC1. The first-order valence-corrected chi connectivity index (χ1v) is 7.93. The normalized spacial score (nSPS) is 16.3. The van der Waals surface area contributed by atoms with Gasteiger partial charge in [-0.2, -0.15) is 0 Å². The molecule has 1 fully saturated rings. The van der Waals surface area contributed by atoms with E-state index in [9.17, 15) is 9.59 Å². The summed E-state index contributed by atoms with van der Waals surface area (Å²) in [6.45, 7) is 3.88. The van der Waals surface area contributed by atoms with E-state index in [0.29, 0.717) is 23.6 Å². The average Bonchev–Trinajstić information content (AvgIpc) is 2.73. The largest absolute Gasteiger partial charge is 0.481 e. The molecule has 1 amide bonds. The third-order valence-electron chi connectivity index (χ3n) is 3.83. The van der Waals surface area contributed by atoms with Crippen molar-refractivity contribution >= 4 is 23.5 Å². The van der Waals surface area contributed by atoms with Crippen LogP contribution >= 0.6 is 11.6 Å². The Kier molecular flexibility index (Phi) is 6.21. The molecule has 0 unspecified atom stereocenters. The topological polar surface area (TPSA) is 60.9 Å².